The summed E-state index contributed by atoms with van der Waals surface area (Å²) in [6.07, 6.45) is 11.5. The van der Waals surface area contributed by atoms with E-state index in [1.54, 1.807) is 4.68 Å². The van der Waals surface area contributed by atoms with Gasteiger partial charge in [-0.1, -0.05) is 98.1 Å². The number of H-pyrrole nitrogens is 1. The lowest BCUT2D eigenvalue weighted by Gasteiger charge is -2.06. The third-order valence-corrected chi connectivity index (χ3v) is 7.92. The number of carbonyl (C=O) groups excluding carboxylic acids is 1. The van der Waals surface area contributed by atoms with Crippen molar-refractivity contribution in [1.29, 1.82) is 0 Å². The number of nitrogen functional groups attached to an aromatic ring is 1. The predicted molar refractivity (Wildman–Crippen MR) is 177 cm³/mol. The Hall–Kier alpha value is -4.72. The monoisotopic (exact) mass is 589 g/mol. The van der Waals surface area contributed by atoms with Crippen LogP contribution in [0.15, 0.2) is 85.1 Å². The fraction of sp³-hybridized carbons (Fsp3) is 0.333. The van der Waals surface area contributed by atoms with Gasteiger partial charge >= 0.3 is 0 Å². The first-order valence-corrected chi connectivity index (χ1v) is 15.9. The molecule has 44 heavy (non-hydrogen) atoms. The molecule has 2 aromatic heterocycles. The molecule has 8 nitrogen and oxygen atoms in total. The Morgan fingerprint density at radius 1 is 0.818 bits per heavy atom. The van der Waals surface area contributed by atoms with Crippen molar-refractivity contribution in [3.8, 4) is 22.4 Å². The first-order chi connectivity index (χ1) is 21.6. The second kappa shape index (κ2) is 15.7. The van der Waals surface area contributed by atoms with E-state index in [4.69, 9.17) is 5.73 Å². The van der Waals surface area contributed by atoms with Crippen LogP contribution in [-0.4, -0.2) is 37.4 Å². The number of amides is 1. The van der Waals surface area contributed by atoms with Crippen molar-refractivity contribution in [3.05, 3.63) is 108 Å². The van der Waals surface area contributed by atoms with Crippen molar-refractivity contribution in [1.82, 2.24) is 30.3 Å². The molecule has 5 rings (SSSR count). The number of aromatic amines is 1. The van der Waals surface area contributed by atoms with Crippen LogP contribution in [0.1, 0.15) is 72.8 Å². The van der Waals surface area contributed by atoms with Gasteiger partial charge in [-0.2, -0.15) is 0 Å². The first kappa shape index (κ1) is 30.7. The third-order valence-electron chi connectivity index (χ3n) is 7.92. The van der Waals surface area contributed by atoms with Crippen LogP contribution in [0.4, 0.5) is 5.95 Å². The van der Waals surface area contributed by atoms with Gasteiger partial charge in [-0.25, -0.2) is 4.98 Å². The Labute approximate surface area is 260 Å². The molecule has 228 valence electrons. The summed E-state index contributed by atoms with van der Waals surface area (Å²) in [4.78, 5) is 20.4. The number of imidazole rings is 1. The molecule has 0 atom stereocenters. The highest BCUT2D eigenvalue weighted by molar-refractivity contribution is 5.94. The minimum atomic E-state index is -0.0585. The molecule has 0 saturated carbocycles. The van der Waals surface area contributed by atoms with Gasteiger partial charge in [0.2, 0.25) is 0 Å². The van der Waals surface area contributed by atoms with E-state index < -0.39 is 0 Å². The van der Waals surface area contributed by atoms with Gasteiger partial charge in [-0.05, 0) is 67.3 Å². The number of aryl methyl sites for hydroxylation is 3. The molecular formula is C36H43N7O. The lowest BCUT2D eigenvalue weighted by molar-refractivity contribution is 0.0952. The van der Waals surface area contributed by atoms with Gasteiger partial charge in [0.05, 0.1) is 17.9 Å². The Kier molecular flexibility index (Phi) is 10.9. The third kappa shape index (κ3) is 8.66. The number of unbranched alkanes of at least 4 members (excludes halogenated alkanes) is 4. The van der Waals surface area contributed by atoms with Crippen molar-refractivity contribution in [2.45, 2.75) is 71.3 Å². The lowest BCUT2D eigenvalue weighted by Crippen LogP contribution is -2.27. The number of carbonyl (C=O) groups is 1. The fourth-order valence-corrected chi connectivity index (χ4v) is 5.44. The van der Waals surface area contributed by atoms with Crippen molar-refractivity contribution in [2.24, 2.45) is 0 Å². The number of nitrogens with zero attached hydrogens (tertiary/aromatic N) is 4. The molecule has 0 radical (unpaired) electrons. The molecule has 0 aliphatic heterocycles. The zero-order chi connectivity index (χ0) is 30.6. The number of benzene rings is 3. The van der Waals surface area contributed by atoms with E-state index in [1.807, 2.05) is 24.4 Å². The number of hydrogen-bond acceptors (Lipinski definition) is 5. The summed E-state index contributed by atoms with van der Waals surface area (Å²) in [7, 11) is 0. The maximum atomic E-state index is 12.5. The van der Waals surface area contributed by atoms with Crippen LogP contribution >= 0.6 is 0 Å². The van der Waals surface area contributed by atoms with Crippen molar-refractivity contribution in [3.63, 3.8) is 0 Å². The topological polar surface area (TPSA) is 115 Å². The summed E-state index contributed by atoms with van der Waals surface area (Å²) in [5.74, 6) is 0.391. The van der Waals surface area contributed by atoms with Gasteiger partial charge in [-0.15, -0.1) is 5.10 Å². The molecule has 0 unspecified atom stereocenters. The van der Waals surface area contributed by atoms with E-state index in [1.165, 1.54) is 36.0 Å². The van der Waals surface area contributed by atoms with E-state index in [-0.39, 0.29) is 5.91 Å². The van der Waals surface area contributed by atoms with Crippen LogP contribution in [0.25, 0.3) is 22.4 Å². The second-order valence-corrected chi connectivity index (χ2v) is 11.3. The fourth-order valence-electron chi connectivity index (χ4n) is 5.44. The standard InChI is InChI=1S/C36H43N7O/c1-2-3-6-11-27-16-18-31(19-17-27)35(44)38-24-25-43-26-32(41-42-43)14-9-5-10-15-33-34(40-36(37)39-33)30-22-20-29(21-23-30)28-12-7-4-8-13-28/h4,7-8,12-13,16-23,26H,2-3,5-6,9-11,14-15,24-25H2,1H3,(H,38,44)(H3,37,39,40). The van der Waals surface area contributed by atoms with Gasteiger partial charge in [0.15, 0.2) is 5.95 Å². The van der Waals surface area contributed by atoms with Gasteiger partial charge in [0.25, 0.3) is 5.91 Å². The molecule has 2 heterocycles. The van der Waals surface area contributed by atoms with E-state index in [2.05, 4.69) is 93.2 Å². The first-order valence-electron chi connectivity index (χ1n) is 15.9. The number of anilines is 1. The molecule has 0 spiro atoms. The SMILES string of the molecule is CCCCCc1ccc(C(=O)NCCn2cc(CCCCCc3[nH]c(N)nc3-c3ccc(-c4ccccc4)cc3)nn2)cc1. The Morgan fingerprint density at radius 2 is 1.52 bits per heavy atom. The number of rotatable bonds is 16. The molecule has 0 bridgehead atoms. The molecule has 1 amide bonds. The maximum Gasteiger partial charge on any atom is 0.251 e. The zero-order valence-electron chi connectivity index (χ0n) is 25.6. The van der Waals surface area contributed by atoms with Crippen LogP contribution in [0, 0.1) is 0 Å². The molecule has 0 aliphatic carbocycles. The number of hydrogen-bond donors (Lipinski definition) is 3. The average molecular weight is 590 g/mol. The summed E-state index contributed by atoms with van der Waals surface area (Å²) in [6.45, 7) is 3.30. The van der Waals surface area contributed by atoms with E-state index in [0.717, 1.165) is 61.2 Å². The average Bonchev–Trinajstić information content (AvgIpc) is 3.67. The quantitative estimate of drug-likeness (QED) is 0.107. The van der Waals surface area contributed by atoms with Crippen LogP contribution < -0.4 is 11.1 Å². The summed E-state index contributed by atoms with van der Waals surface area (Å²) >= 11 is 0. The normalized spacial score (nSPS) is 11.1. The highest BCUT2D eigenvalue weighted by Gasteiger charge is 2.12. The number of nitrogens with one attached hydrogen (secondary N) is 2. The molecule has 4 N–H and O–H groups in total. The van der Waals surface area contributed by atoms with Crippen LogP contribution in [-0.2, 0) is 25.8 Å². The predicted octanol–water partition coefficient (Wildman–Crippen LogP) is 7.04. The maximum absolute atomic E-state index is 12.5. The summed E-state index contributed by atoms with van der Waals surface area (Å²) in [5.41, 5.74) is 14.4. The summed E-state index contributed by atoms with van der Waals surface area (Å²) < 4.78 is 1.80. The summed E-state index contributed by atoms with van der Waals surface area (Å²) in [6, 6.07) is 26.8. The molecular weight excluding hydrogens is 546 g/mol. The Balaban J connectivity index is 1.01. The summed E-state index contributed by atoms with van der Waals surface area (Å²) in [5, 5.41) is 11.6. The Bertz CT molecular complexity index is 1590. The van der Waals surface area contributed by atoms with Gasteiger partial charge < -0.3 is 16.0 Å². The van der Waals surface area contributed by atoms with E-state index in [9.17, 15) is 4.79 Å². The van der Waals surface area contributed by atoms with Gasteiger partial charge in [-0.3, -0.25) is 9.48 Å². The largest absolute Gasteiger partial charge is 0.369 e. The van der Waals surface area contributed by atoms with Crippen LogP contribution in [0.5, 0.6) is 0 Å². The zero-order valence-corrected chi connectivity index (χ0v) is 25.6. The van der Waals surface area contributed by atoms with Gasteiger partial charge in [0.1, 0.15) is 0 Å². The van der Waals surface area contributed by atoms with Crippen molar-refractivity contribution < 1.29 is 4.79 Å². The minimum absolute atomic E-state index is 0.0585. The van der Waals surface area contributed by atoms with Gasteiger partial charge in [0, 0.05) is 29.6 Å². The molecule has 5 aromatic rings. The highest BCUT2D eigenvalue weighted by Crippen LogP contribution is 2.27. The van der Waals surface area contributed by atoms with E-state index >= 15 is 0 Å². The highest BCUT2D eigenvalue weighted by atomic mass is 16.1. The molecule has 0 aliphatic rings. The number of nitrogens with two attached hydrogens (primary N) is 1. The second-order valence-electron chi connectivity index (χ2n) is 11.3. The molecule has 0 saturated heterocycles. The smallest absolute Gasteiger partial charge is 0.251 e. The van der Waals surface area contributed by atoms with Crippen molar-refractivity contribution >= 4 is 11.9 Å². The molecule has 3 aromatic carbocycles. The van der Waals surface area contributed by atoms with E-state index in [0.29, 0.717) is 24.6 Å². The molecule has 0 fully saturated rings. The lowest BCUT2D eigenvalue weighted by atomic mass is 10.0. The Morgan fingerprint density at radius 3 is 2.30 bits per heavy atom. The molecule has 8 heteroatoms. The van der Waals surface area contributed by atoms with Crippen molar-refractivity contribution in [2.75, 3.05) is 12.3 Å². The van der Waals surface area contributed by atoms with Crippen LogP contribution in [0.3, 0.4) is 0 Å². The number of aromatic nitrogens is 5. The minimum Gasteiger partial charge on any atom is -0.369 e. The van der Waals surface area contributed by atoms with Crippen LogP contribution in [0.2, 0.25) is 0 Å².